The molecule has 0 amide bonds. The number of hydrogen-bond acceptors (Lipinski definition) is 3. The zero-order valence-corrected chi connectivity index (χ0v) is 8.88. The Kier molecular flexibility index (Phi) is 3.75. The Morgan fingerprint density at radius 1 is 1.15 bits per heavy atom. The lowest BCUT2D eigenvalue weighted by Gasteiger charge is -2.32. The minimum Gasteiger partial charge on any atom is -0.511 e. The van der Waals surface area contributed by atoms with Crippen molar-refractivity contribution < 1.29 is 5.11 Å². The first-order valence-corrected chi connectivity index (χ1v) is 4.86. The normalized spacial score (nSPS) is 20.2. The van der Waals surface area contributed by atoms with Crippen molar-refractivity contribution in [2.45, 2.75) is 13.8 Å². The van der Waals surface area contributed by atoms with Gasteiger partial charge in [-0.2, -0.15) is 0 Å². The molecule has 0 bridgehead atoms. The van der Waals surface area contributed by atoms with E-state index >= 15 is 0 Å². The number of aliphatic hydroxyl groups is 1. The van der Waals surface area contributed by atoms with Gasteiger partial charge in [0.15, 0.2) is 0 Å². The third kappa shape index (κ3) is 3.36. The fourth-order valence-corrected chi connectivity index (χ4v) is 1.38. The molecule has 0 radical (unpaired) electrons. The van der Waals surface area contributed by atoms with Gasteiger partial charge in [-0.15, -0.1) is 0 Å². The lowest BCUT2D eigenvalue weighted by molar-refractivity contribution is 0.149. The quantitative estimate of drug-likeness (QED) is 0.651. The Morgan fingerprint density at radius 2 is 1.69 bits per heavy atom. The maximum absolute atomic E-state index is 9.57. The van der Waals surface area contributed by atoms with Crippen molar-refractivity contribution in [3.8, 4) is 0 Å². The number of aliphatic hydroxyl groups excluding tert-OH is 1. The number of piperazine rings is 1. The smallest absolute Gasteiger partial charge is 0.105 e. The van der Waals surface area contributed by atoms with Crippen molar-refractivity contribution >= 4 is 0 Å². The molecular weight excluding hydrogens is 164 g/mol. The van der Waals surface area contributed by atoms with E-state index in [1.165, 1.54) is 0 Å². The van der Waals surface area contributed by atoms with Gasteiger partial charge in [0.2, 0.25) is 0 Å². The van der Waals surface area contributed by atoms with Crippen molar-refractivity contribution in [1.29, 1.82) is 0 Å². The monoisotopic (exact) mass is 184 g/mol. The predicted octanol–water partition coefficient (Wildman–Crippen LogP) is 1.09. The molecule has 0 atom stereocenters. The second-order valence-corrected chi connectivity index (χ2v) is 4.03. The summed E-state index contributed by atoms with van der Waals surface area (Å²) in [6, 6.07) is 0. The summed E-state index contributed by atoms with van der Waals surface area (Å²) in [5.74, 6) is 0.532. The molecule has 1 aliphatic rings. The Labute approximate surface area is 80.6 Å². The molecule has 0 aromatic carbocycles. The van der Waals surface area contributed by atoms with Crippen molar-refractivity contribution in [2.75, 3.05) is 39.8 Å². The molecule has 0 unspecified atom stereocenters. The van der Waals surface area contributed by atoms with E-state index < -0.39 is 0 Å². The second kappa shape index (κ2) is 4.63. The molecular formula is C10H20N2O. The van der Waals surface area contributed by atoms with Gasteiger partial charge in [0.25, 0.3) is 0 Å². The van der Waals surface area contributed by atoms with Gasteiger partial charge in [-0.3, -0.25) is 4.90 Å². The Balaban J connectivity index is 2.35. The van der Waals surface area contributed by atoms with Gasteiger partial charge in [0.1, 0.15) is 5.76 Å². The highest BCUT2D eigenvalue weighted by molar-refractivity contribution is 5.03. The van der Waals surface area contributed by atoms with Crippen molar-refractivity contribution in [3.05, 3.63) is 11.3 Å². The molecule has 76 valence electrons. The molecule has 1 fully saturated rings. The zero-order chi connectivity index (χ0) is 9.84. The summed E-state index contributed by atoms with van der Waals surface area (Å²) in [5, 5.41) is 9.57. The van der Waals surface area contributed by atoms with Crippen LogP contribution in [0.2, 0.25) is 0 Å². The van der Waals surface area contributed by atoms with E-state index in [2.05, 4.69) is 16.8 Å². The first-order chi connectivity index (χ1) is 6.09. The van der Waals surface area contributed by atoms with E-state index in [9.17, 15) is 5.11 Å². The molecule has 3 nitrogen and oxygen atoms in total. The van der Waals surface area contributed by atoms with E-state index in [1.54, 1.807) is 0 Å². The van der Waals surface area contributed by atoms with Crippen LogP contribution < -0.4 is 0 Å². The van der Waals surface area contributed by atoms with Crippen LogP contribution in [0.4, 0.5) is 0 Å². The summed E-state index contributed by atoms with van der Waals surface area (Å²) in [6.07, 6.45) is 0. The van der Waals surface area contributed by atoms with Crippen molar-refractivity contribution in [3.63, 3.8) is 0 Å². The highest BCUT2D eigenvalue weighted by Crippen LogP contribution is 2.05. The van der Waals surface area contributed by atoms with Gasteiger partial charge < -0.3 is 10.0 Å². The van der Waals surface area contributed by atoms with E-state index in [4.69, 9.17) is 0 Å². The van der Waals surface area contributed by atoms with Crippen LogP contribution in [0.3, 0.4) is 0 Å². The third-order valence-corrected chi connectivity index (χ3v) is 2.55. The average molecular weight is 184 g/mol. The van der Waals surface area contributed by atoms with Gasteiger partial charge in [0.05, 0.1) is 6.54 Å². The first-order valence-electron chi connectivity index (χ1n) is 4.86. The molecule has 0 saturated carbocycles. The van der Waals surface area contributed by atoms with Gasteiger partial charge in [-0.05, 0) is 26.5 Å². The summed E-state index contributed by atoms with van der Waals surface area (Å²) in [5.41, 5.74) is 1.03. The molecule has 13 heavy (non-hydrogen) atoms. The zero-order valence-electron chi connectivity index (χ0n) is 8.88. The molecule has 0 aromatic heterocycles. The summed E-state index contributed by atoms with van der Waals surface area (Å²) in [4.78, 5) is 4.61. The highest BCUT2D eigenvalue weighted by Gasteiger charge is 2.14. The largest absolute Gasteiger partial charge is 0.511 e. The predicted molar refractivity (Wildman–Crippen MR) is 54.9 cm³/mol. The molecule has 0 spiro atoms. The number of nitrogens with zero attached hydrogens (tertiary/aromatic N) is 2. The number of likely N-dealkylation sites (N-methyl/N-ethyl adjacent to an activating group) is 1. The van der Waals surface area contributed by atoms with Crippen LogP contribution in [0, 0.1) is 0 Å². The highest BCUT2D eigenvalue weighted by atomic mass is 16.3. The molecule has 1 rings (SSSR count). The molecule has 1 heterocycles. The van der Waals surface area contributed by atoms with Gasteiger partial charge in [0, 0.05) is 26.2 Å². The van der Waals surface area contributed by atoms with Crippen LogP contribution in [0.25, 0.3) is 0 Å². The van der Waals surface area contributed by atoms with Crippen LogP contribution in [0.5, 0.6) is 0 Å². The number of hydrogen-bond donors (Lipinski definition) is 1. The summed E-state index contributed by atoms with van der Waals surface area (Å²) < 4.78 is 0. The van der Waals surface area contributed by atoms with Crippen LogP contribution in [-0.2, 0) is 0 Å². The molecule has 3 heteroatoms. The van der Waals surface area contributed by atoms with Crippen LogP contribution in [0.1, 0.15) is 13.8 Å². The third-order valence-electron chi connectivity index (χ3n) is 2.55. The maximum Gasteiger partial charge on any atom is 0.105 e. The standard InChI is InChI=1S/C10H20N2O/c1-9(2)10(13)8-12-6-4-11(3)5-7-12/h13H,4-8H2,1-3H3. The lowest BCUT2D eigenvalue weighted by atomic mass is 10.2. The van der Waals surface area contributed by atoms with Gasteiger partial charge >= 0.3 is 0 Å². The SMILES string of the molecule is CC(C)=C(O)CN1CCN(C)CC1. The minimum absolute atomic E-state index is 0.532. The summed E-state index contributed by atoms with van der Waals surface area (Å²) in [7, 11) is 2.14. The van der Waals surface area contributed by atoms with Gasteiger partial charge in [-0.25, -0.2) is 0 Å². The van der Waals surface area contributed by atoms with Crippen LogP contribution >= 0.6 is 0 Å². The molecule has 1 aliphatic heterocycles. The fourth-order valence-electron chi connectivity index (χ4n) is 1.38. The van der Waals surface area contributed by atoms with E-state index in [-0.39, 0.29) is 0 Å². The second-order valence-electron chi connectivity index (χ2n) is 4.03. The van der Waals surface area contributed by atoms with Crippen molar-refractivity contribution in [1.82, 2.24) is 9.80 Å². The molecule has 0 aromatic rings. The Hall–Kier alpha value is -0.540. The topological polar surface area (TPSA) is 26.7 Å². The van der Waals surface area contributed by atoms with E-state index in [1.807, 2.05) is 13.8 Å². The fraction of sp³-hybridized carbons (Fsp3) is 0.800. The van der Waals surface area contributed by atoms with Crippen LogP contribution in [0.15, 0.2) is 11.3 Å². The minimum atomic E-state index is 0.532. The molecule has 1 N–H and O–H groups in total. The maximum atomic E-state index is 9.57. The summed E-state index contributed by atoms with van der Waals surface area (Å²) in [6.45, 7) is 8.96. The van der Waals surface area contributed by atoms with Crippen LogP contribution in [-0.4, -0.2) is 54.7 Å². The van der Waals surface area contributed by atoms with Crippen molar-refractivity contribution in [2.24, 2.45) is 0 Å². The van der Waals surface area contributed by atoms with Gasteiger partial charge in [-0.1, -0.05) is 0 Å². The molecule has 1 saturated heterocycles. The van der Waals surface area contributed by atoms with E-state index in [0.717, 1.165) is 38.3 Å². The summed E-state index contributed by atoms with van der Waals surface area (Å²) >= 11 is 0. The number of allylic oxidation sites excluding steroid dienone is 1. The lowest BCUT2D eigenvalue weighted by Crippen LogP contribution is -2.45. The molecule has 0 aliphatic carbocycles. The average Bonchev–Trinajstić information content (AvgIpc) is 2.08. The number of rotatable bonds is 2. The van der Waals surface area contributed by atoms with E-state index in [0.29, 0.717) is 5.76 Å². The Bertz CT molecular complexity index is 189. The first kappa shape index (κ1) is 10.5. The Morgan fingerprint density at radius 3 is 2.15 bits per heavy atom.